The molecule has 2 aromatic carbocycles. The lowest BCUT2D eigenvalue weighted by molar-refractivity contribution is 0.0770. The van der Waals surface area contributed by atoms with E-state index in [-0.39, 0.29) is 17.2 Å². The monoisotopic (exact) mass is 254 g/mol. The van der Waals surface area contributed by atoms with Crippen molar-refractivity contribution in [2.75, 3.05) is 7.05 Å². The Hall–Kier alpha value is -2.54. The fourth-order valence-electron chi connectivity index (χ4n) is 1.88. The zero-order valence-corrected chi connectivity index (χ0v) is 10.8. The molecule has 0 aliphatic heterocycles. The lowest BCUT2D eigenvalue weighted by atomic mass is 10.0. The molecule has 1 atom stereocenters. The molecule has 0 aliphatic rings. The molecule has 0 bridgehead atoms. The zero-order chi connectivity index (χ0) is 14.0. The maximum atomic E-state index is 12.2. The third kappa shape index (κ3) is 2.23. The van der Waals surface area contributed by atoms with Crippen molar-refractivity contribution in [2.24, 2.45) is 0 Å². The third-order valence-electron chi connectivity index (χ3n) is 3.22. The van der Waals surface area contributed by atoms with Crippen LogP contribution in [0.3, 0.4) is 0 Å². The number of amides is 1. The number of rotatable bonds is 2. The van der Waals surface area contributed by atoms with E-state index >= 15 is 0 Å². The second kappa shape index (κ2) is 4.99. The highest BCUT2D eigenvalue weighted by Crippen LogP contribution is 2.29. The standard InChI is InChI=1S/C15H14N2O2/c1-10(9-16)17(2)15(19)13-8-7-11-5-3-4-6-12(11)14(13)18/h3-8,10,18H,1-2H3. The number of nitrogens with zero attached hydrogens (tertiary/aromatic N) is 2. The van der Waals surface area contributed by atoms with Crippen molar-refractivity contribution in [1.29, 1.82) is 5.26 Å². The van der Waals surface area contributed by atoms with Gasteiger partial charge in [-0.3, -0.25) is 4.79 Å². The number of aromatic hydroxyl groups is 1. The molecular weight excluding hydrogens is 240 g/mol. The average Bonchev–Trinajstić information content (AvgIpc) is 2.45. The Kier molecular flexibility index (Phi) is 3.39. The molecule has 19 heavy (non-hydrogen) atoms. The summed E-state index contributed by atoms with van der Waals surface area (Å²) in [6, 6.07) is 12.1. The topological polar surface area (TPSA) is 64.3 Å². The quantitative estimate of drug-likeness (QED) is 0.895. The predicted octanol–water partition coefficient (Wildman–Crippen LogP) is 2.53. The van der Waals surface area contributed by atoms with Crippen LogP contribution in [0.2, 0.25) is 0 Å². The maximum absolute atomic E-state index is 12.2. The fourth-order valence-corrected chi connectivity index (χ4v) is 1.88. The van der Waals surface area contributed by atoms with Gasteiger partial charge >= 0.3 is 0 Å². The first kappa shape index (κ1) is 12.9. The van der Waals surface area contributed by atoms with E-state index in [9.17, 15) is 9.90 Å². The maximum Gasteiger partial charge on any atom is 0.258 e. The van der Waals surface area contributed by atoms with E-state index in [1.165, 1.54) is 4.90 Å². The first-order chi connectivity index (χ1) is 9.06. The van der Waals surface area contributed by atoms with Gasteiger partial charge in [0.15, 0.2) is 0 Å². The minimum absolute atomic E-state index is 0.0416. The Bertz CT molecular complexity index is 673. The molecule has 4 heteroatoms. The van der Waals surface area contributed by atoms with Crippen LogP contribution in [-0.4, -0.2) is 29.0 Å². The zero-order valence-electron chi connectivity index (χ0n) is 10.8. The smallest absolute Gasteiger partial charge is 0.258 e. The molecular formula is C15H14N2O2. The normalized spacial score (nSPS) is 11.8. The molecule has 0 aliphatic carbocycles. The van der Waals surface area contributed by atoms with Crippen LogP contribution in [-0.2, 0) is 0 Å². The molecule has 0 radical (unpaired) electrons. The number of phenolic OH excluding ortho intramolecular Hbond substituents is 1. The van der Waals surface area contributed by atoms with Gasteiger partial charge in [0.1, 0.15) is 11.8 Å². The summed E-state index contributed by atoms with van der Waals surface area (Å²) in [5.41, 5.74) is 0.211. The van der Waals surface area contributed by atoms with Gasteiger partial charge < -0.3 is 10.0 Å². The number of hydrogen-bond donors (Lipinski definition) is 1. The Morgan fingerprint density at radius 2 is 2.00 bits per heavy atom. The molecule has 2 rings (SSSR count). The van der Waals surface area contributed by atoms with Gasteiger partial charge in [-0.2, -0.15) is 5.26 Å². The van der Waals surface area contributed by atoms with Crippen LogP contribution in [0.1, 0.15) is 17.3 Å². The summed E-state index contributed by atoms with van der Waals surface area (Å²) >= 11 is 0. The summed E-state index contributed by atoms with van der Waals surface area (Å²) in [6.45, 7) is 1.63. The number of phenols is 1. The molecule has 0 saturated heterocycles. The summed E-state index contributed by atoms with van der Waals surface area (Å²) < 4.78 is 0. The van der Waals surface area contributed by atoms with Crippen molar-refractivity contribution in [3.63, 3.8) is 0 Å². The Balaban J connectivity index is 2.49. The third-order valence-corrected chi connectivity index (χ3v) is 3.22. The van der Waals surface area contributed by atoms with E-state index in [0.717, 1.165) is 5.39 Å². The van der Waals surface area contributed by atoms with Crippen molar-refractivity contribution in [2.45, 2.75) is 13.0 Å². The lowest BCUT2D eigenvalue weighted by Crippen LogP contribution is -2.34. The molecule has 1 amide bonds. The summed E-state index contributed by atoms with van der Waals surface area (Å²) in [5, 5.41) is 20.5. The van der Waals surface area contributed by atoms with E-state index < -0.39 is 6.04 Å². The fraction of sp³-hybridized carbons (Fsp3) is 0.200. The highest BCUT2D eigenvalue weighted by Gasteiger charge is 2.20. The van der Waals surface area contributed by atoms with Crippen LogP contribution < -0.4 is 0 Å². The van der Waals surface area contributed by atoms with E-state index in [2.05, 4.69) is 0 Å². The van der Waals surface area contributed by atoms with E-state index in [0.29, 0.717) is 5.39 Å². The second-order valence-corrected chi connectivity index (χ2v) is 4.40. The van der Waals surface area contributed by atoms with E-state index in [1.807, 2.05) is 18.2 Å². The molecule has 4 nitrogen and oxygen atoms in total. The Morgan fingerprint density at radius 3 is 2.68 bits per heavy atom. The minimum atomic E-state index is -0.543. The SMILES string of the molecule is CC(C#N)N(C)C(=O)c1ccc2ccccc2c1O. The molecule has 0 aromatic heterocycles. The van der Waals surface area contributed by atoms with Crippen LogP contribution in [0, 0.1) is 11.3 Å². The highest BCUT2D eigenvalue weighted by molar-refractivity contribution is 6.03. The van der Waals surface area contributed by atoms with Gasteiger partial charge in [-0.25, -0.2) is 0 Å². The summed E-state index contributed by atoms with van der Waals surface area (Å²) in [6.07, 6.45) is 0. The van der Waals surface area contributed by atoms with Gasteiger partial charge in [0.25, 0.3) is 5.91 Å². The van der Waals surface area contributed by atoms with Crippen LogP contribution >= 0.6 is 0 Å². The van der Waals surface area contributed by atoms with Gasteiger partial charge in [0, 0.05) is 12.4 Å². The van der Waals surface area contributed by atoms with E-state index in [4.69, 9.17) is 5.26 Å². The van der Waals surface area contributed by atoms with Crippen LogP contribution in [0.15, 0.2) is 36.4 Å². The van der Waals surface area contributed by atoms with Crippen LogP contribution in [0.5, 0.6) is 5.75 Å². The molecule has 0 heterocycles. The van der Waals surface area contributed by atoms with Gasteiger partial charge in [-0.05, 0) is 18.4 Å². The Labute approximate surface area is 111 Å². The van der Waals surface area contributed by atoms with Crippen molar-refractivity contribution >= 4 is 16.7 Å². The largest absolute Gasteiger partial charge is 0.506 e. The van der Waals surface area contributed by atoms with Gasteiger partial charge in [0.2, 0.25) is 0 Å². The highest BCUT2D eigenvalue weighted by atomic mass is 16.3. The molecule has 1 N–H and O–H groups in total. The molecule has 0 fully saturated rings. The lowest BCUT2D eigenvalue weighted by Gasteiger charge is -2.20. The number of carbonyl (C=O) groups is 1. The van der Waals surface area contributed by atoms with Crippen LogP contribution in [0.25, 0.3) is 10.8 Å². The van der Waals surface area contributed by atoms with Crippen molar-refractivity contribution in [3.8, 4) is 11.8 Å². The number of nitriles is 1. The van der Waals surface area contributed by atoms with Crippen molar-refractivity contribution in [1.82, 2.24) is 4.90 Å². The summed E-state index contributed by atoms with van der Waals surface area (Å²) in [4.78, 5) is 13.5. The molecule has 1 unspecified atom stereocenters. The predicted molar refractivity (Wildman–Crippen MR) is 72.8 cm³/mol. The van der Waals surface area contributed by atoms with Gasteiger partial charge in [0.05, 0.1) is 11.6 Å². The van der Waals surface area contributed by atoms with Crippen LogP contribution in [0.4, 0.5) is 0 Å². The summed E-state index contributed by atoms with van der Waals surface area (Å²) in [5.74, 6) is -0.405. The minimum Gasteiger partial charge on any atom is -0.506 e. The number of fused-ring (bicyclic) bond motifs is 1. The molecule has 96 valence electrons. The van der Waals surface area contributed by atoms with Gasteiger partial charge in [-0.15, -0.1) is 0 Å². The first-order valence-electron chi connectivity index (χ1n) is 5.93. The number of carbonyl (C=O) groups excluding carboxylic acids is 1. The van der Waals surface area contributed by atoms with Crippen molar-refractivity contribution < 1.29 is 9.90 Å². The summed E-state index contributed by atoms with van der Waals surface area (Å²) in [7, 11) is 1.55. The molecule has 2 aromatic rings. The Morgan fingerprint density at radius 1 is 1.32 bits per heavy atom. The molecule has 0 spiro atoms. The average molecular weight is 254 g/mol. The first-order valence-corrected chi connectivity index (χ1v) is 5.93. The number of benzene rings is 2. The van der Waals surface area contributed by atoms with Crippen molar-refractivity contribution in [3.05, 3.63) is 42.0 Å². The van der Waals surface area contributed by atoms with E-state index in [1.54, 1.807) is 38.2 Å². The molecule has 0 saturated carbocycles. The van der Waals surface area contributed by atoms with Gasteiger partial charge in [-0.1, -0.05) is 30.3 Å². The number of hydrogen-bond acceptors (Lipinski definition) is 3. The second-order valence-electron chi connectivity index (χ2n) is 4.40.